The van der Waals surface area contributed by atoms with E-state index in [2.05, 4.69) is 5.32 Å². The Labute approximate surface area is 115 Å². The molecule has 0 aliphatic rings. The number of halogens is 2. The zero-order valence-corrected chi connectivity index (χ0v) is 11.0. The molecule has 0 saturated carbocycles. The van der Waals surface area contributed by atoms with Gasteiger partial charge in [-0.05, 0) is 37.3 Å². The largest absolute Gasteiger partial charge is 0.389 e. The van der Waals surface area contributed by atoms with Crippen LogP contribution in [0, 0.1) is 18.6 Å². The van der Waals surface area contributed by atoms with Crippen molar-refractivity contribution in [2.24, 2.45) is 5.73 Å². The van der Waals surface area contributed by atoms with Crippen molar-refractivity contribution in [2.45, 2.75) is 6.92 Å². The molecule has 2 rings (SSSR count). The molecule has 0 aromatic heterocycles. The SMILES string of the molecule is Cc1c(F)cccc1Nc1ccc(C(N)=S)c(F)c1. The topological polar surface area (TPSA) is 38.0 Å². The van der Waals surface area contributed by atoms with Crippen LogP contribution in [-0.2, 0) is 0 Å². The normalized spacial score (nSPS) is 10.3. The minimum atomic E-state index is -0.508. The molecule has 3 N–H and O–H groups in total. The van der Waals surface area contributed by atoms with Gasteiger partial charge in [-0.2, -0.15) is 0 Å². The third-order valence-electron chi connectivity index (χ3n) is 2.78. The highest BCUT2D eigenvalue weighted by Gasteiger charge is 2.08. The fraction of sp³-hybridized carbons (Fsp3) is 0.0714. The van der Waals surface area contributed by atoms with Gasteiger partial charge in [0.1, 0.15) is 16.6 Å². The number of rotatable bonds is 3. The van der Waals surface area contributed by atoms with Crippen LogP contribution in [0.3, 0.4) is 0 Å². The van der Waals surface area contributed by atoms with Gasteiger partial charge >= 0.3 is 0 Å². The zero-order chi connectivity index (χ0) is 14.0. The molecule has 2 aromatic carbocycles. The van der Waals surface area contributed by atoms with Crippen LogP contribution in [0.15, 0.2) is 36.4 Å². The lowest BCUT2D eigenvalue weighted by Gasteiger charge is -2.11. The van der Waals surface area contributed by atoms with Gasteiger partial charge in [-0.15, -0.1) is 0 Å². The van der Waals surface area contributed by atoms with Crippen LogP contribution in [0.2, 0.25) is 0 Å². The van der Waals surface area contributed by atoms with E-state index in [0.29, 0.717) is 16.9 Å². The van der Waals surface area contributed by atoms with Gasteiger partial charge in [-0.1, -0.05) is 18.3 Å². The average Bonchev–Trinajstić information content (AvgIpc) is 2.34. The third-order valence-corrected chi connectivity index (χ3v) is 3.00. The second kappa shape index (κ2) is 5.32. The molecule has 2 nitrogen and oxygen atoms in total. The second-order valence-corrected chi connectivity index (χ2v) is 4.54. The van der Waals surface area contributed by atoms with Crippen LogP contribution < -0.4 is 11.1 Å². The molecule has 98 valence electrons. The number of thiocarbonyl (C=S) groups is 1. The van der Waals surface area contributed by atoms with Crippen molar-refractivity contribution in [1.82, 2.24) is 0 Å². The number of hydrogen-bond acceptors (Lipinski definition) is 2. The van der Waals surface area contributed by atoms with E-state index in [1.54, 1.807) is 25.1 Å². The molecule has 0 fully saturated rings. The van der Waals surface area contributed by atoms with E-state index in [-0.39, 0.29) is 16.4 Å². The van der Waals surface area contributed by atoms with Crippen molar-refractivity contribution in [3.8, 4) is 0 Å². The monoisotopic (exact) mass is 278 g/mol. The Balaban J connectivity index is 2.32. The highest BCUT2D eigenvalue weighted by atomic mass is 32.1. The summed E-state index contributed by atoms with van der Waals surface area (Å²) in [6, 6.07) is 9.09. The highest BCUT2D eigenvalue weighted by Crippen LogP contribution is 2.23. The van der Waals surface area contributed by atoms with Crippen LogP contribution in [0.5, 0.6) is 0 Å². The van der Waals surface area contributed by atoms with Crippen LogP contribution >= 0.6 is 12.2 Å². The van der Waals surface area contributed by atoms with E-state index < -0.39 is 5.82 Å². The fourth-order valence-corrected chi connectivity index (χ4v) is 1.86. The summed E-state index contributed by atoms with van der Waals surface area (Å²) in [7, 11) is 0. The van der Waals surface area contributed by atoms with Crippen molar-refractivity contribution in [2.75, 3.05) is 5.32 Å². The quantitative estimate of drug-likeness (QED) is 0.842. The minimum absolute atomic E-state index is 0.00554. The first-order valence-electron chi connectivity index (χ1n) is 5.60. The van der Waals surface area contributed by atoms with Gasteiger partial charge in [-0.25, -0.2) is 8.78 Å². The Morgan fingerprint density at radius 1 is 1.16 bits per heavy atom. The Bertz CT molecular complexity index is 641. The lowest BCUT2D eigenvalue weighted by molar-refractivity contribution is 0.619. The predicted molar refractivity (Wildman–Crippen MR) is 76.7 cm³/mol. The number of benzene rings is 2. The van der Waals surface area contributed by atoms with Gasteiger partial charge in [0.25, 0.3) is 0 Å². The first kappa shape index (κ1) is 13.4. The van der Waals surface area contributed by atoms with E-state index in [4.69, 9.17) is 18.0 Å². The Hall–Kier alpha value is -2.01. The summed E-state index contributed by atoms with van der Waals surface area (Å²) in [5.74, 6) is -0.822. The molecule has 19 heavy (non-hydrogen) atoms. The van der Waals surface area contributed by atoms with Crippen LogP contribution in [-0.4, -0.2) is 4.99 Å². The molecular weight excluding hydrogens is 266 g/mol. The number of anilines is 2. The summed E-state index contributed by atoms with van der Waals surface area (Å²) in [5, 5.41) is 2.96. The molecule has 0 unspecified atom stereocenters. The first-order valence-corrected chi connectivity index (χ1v) is 6.01. The predicted octanol–water partition coefficient (Wildman–Crippen LogP) is 3.65. The summed E-state index contributed by atoms with van der Waals surface area (Å²) in [6.07, 6.45) is 0. The van der Waals surface area contributed by atoms with Gasteiger partial charge in [0.05, 0.1) is 0 Å². The lowest BCUT2D eigenvalue weighted by atomic mass is 10.1. The molecule has 2 aromatic rings. The van der Waals surface area contributed by atoms with Gasteiger partial charge in [0, 0.05) is 22.5 Å². The van der Waals surface area contributed by atoms with Crippen molar-refractivity contribution >= 4 is 28.6 Å². The summed E-state index contributed by atoms with van der Waals surface area (Å²) in [5.41, 5.74) is 7.14. The molecular formula is C14H12F2N2S. The summed E-state index contributed by atoms with van der Waals surface area (Å²) in [6.45, 7) is 1.65. The van der Waals surface area contributed by atoms with Crippen molar-refractivity contribution in [1.29, 1.82) is 0 Å². The number of nitrogens with two attached hydrogens (primary N) is 1. The molecule has 0 atom stereocenters. The smallest absolute Gasteiger partial charge is 0.135 e. The molecule has 5 heteroatoms. The Kier molecular flexibility index (Phi) is 3.76. The lowest BCUT2D eigenvalue weighted by Crippen LogP contribution is -2.11. The minimum Gasteiger partial charge on any atom is -0.389 e. The maximum absolute atomic E-state index is 13.7. The van der Waals surface area contributed by atoms with E-state index in [9.17, 15) is 8.78 Å². The van der Waals surface area contributed by atoms with Gasteiger partial charge in [0.15, 0.2) is 0 Å². The van der Waals surface area contributed by atoms with E-state index in [1.165, 1.54) is 18.2 Å². The number of hydrogen-bond donors (Lipinski definition) is 2. The molecule has 0 aliphatic carbocycles. The maximum atomic E-state index is 13.7. The van der Waals surface area contributed by atoms with Crippen molar-refractivity contribution in [3.63, 3.8) is 0 Å². The first-order chi connectivity index (χ1) is 8.99. The second-order valence-electron chi connectivity index (χ2n) is 4.10. The highest BCUT2D eigenvalue weighted by molar-refractivity contribution is 7.80. The molecule has 0 aliphatic heterocycles. The maximum Gasteiger partial charge on any atom is 0.135 e. The summed E-state index contributed by atoms with van der Waals surface area (Å²) in [4.78, 5) is 0.00554. The molecule has 0 heterocycles. The van der Waals surface area contributed by atoms with Gasteiger partial charge in [0.2, 0.25) is 0 Å². The zero-order valence-electron chi connectivity index (χ0n) is 10.2. The van der Waals surface area contributed by atoms with E-state index in [0.717, 1.165) is 0 Å². The fourth-order valence-electron chi connectivity index (χ4n) is 1.69. The standard InChI is InChI=1S/C14H12F2N2S/c1-8-11(15)3-2-4-13(8)18-9-5-6-10(14(17)19)12(16)7-9/h2-7,18H,1H3,(H2,17,19). The molecule has 0 bridgehead atoms. The Morgan fingerprint density at radius 3 is 2.53 bits per heavy atom. The molecule has 0 spiro atoms. The van der Waals surface area contributed by atoms with Gasteiger partial charge in [-0.3, -0.25) is 0 Å². The van der Waals surface area contributed by atoms with Crippen molar-refractivity contribution < 1.29 is 8.78 Å². The van der Waals surface area contributed by atoms with Crippen molar-refractivity contribution in [3.05, 3.63) is 59.2 Å². The average molecular weight is 278 g/mol. The molecule has 0 amide bonds. The van der Waals surface area contributed by atoms with Gasteiger partial charge < -0.3 is 11.1 Å². The van der Waals surface area contributed by atoms with Crippen LogP contribution in [0.1, 0.15) is 11.1 Å². The summed E-state index contributed by atoms with van der Waals surface area (Å²) >= 11 is 4.73. The molecule has 0 radical (unpaired) electrons. The van der Waals surface area contributed by atoms with Crippen LogP contribution in [0.25, 0.3) is 0 Å². The van der Waals surface area contributed by atoms with E-state index in [1.807, 2.05) is 0 Å². The third kappa shape index (κ3) is 2.88. The Morgan fingerprint density at radius 2 is 1.89 bits per heavy atom. The number of nitrogens with one attached hydrogen (secondary N) is 1. The van der Waals surface area contributed by atoms with E-state index >= 15 is 0 Å². The summed E-state index contributed by atoms with van der Waals surface area (Å²) < 4.78 is 27.1. The van der Waals surface area contributed by atoms with Crippen LogP contribution in [0.4, 0.5) is 20.2 Å². The molecule has 0 saturated heterocycles.